The second-order valence-electron chi connectivity index (χ2n) is 8.61. The highest BCUT2D eigenvalue weighted by molar-refractivity contribution is 6.01. The standard InChI is InChI=1S/C24H35N3O3/c1-3-18(2)20-10-6-7-11-21(20)27-17-19(16-23(27)29)24(30)25-13-12-22(28)26-14-8-4-5-9-15-26/h6-7,10-11,18-19H,3-5,8-9,12-17H2,1-2H3,(H,25,30). The van der Waals surface area contributed by atoms with Crippen LogP contribution in [0.2, 0.25) is 0 Å². The molecular weight excluding hydrogens is 378 g/mol. The van der Waals surface area contributed by atoms with Crippen LogP contribution in [0.3, 0.4) is 0 Å². The minimum Gasteiger partial charge on any atom is -0.355 e. The molecule has 2 saturated heterocycles. The number of carbonyl (C=O) groups excluding carboxylic acids is 3. The molecule has 0 aliphatic carbocycles. The smallest absolute Gasteiger partial charge is 0.227 e. The van der Waals surface area contributed by atoms with E-state index in [4.69, 9.17) is 0 Å². The fourth-order valence-electron chi connectivity index (χ4n) is 4.40. The summed E-state index contributed by atoms with van der Waals surface area (Å²) in [5.74, 6) is -0.0338. The Bertz CT molecular complexity index is 756. The largest absolute Gasteiger partial charge is 0.355 e. The molecule has 2 atom stereocenters. The first-order chi connectivity index (χ1) is 14.5. The molecule has 3 rings (SSSR count). The van der Waals surface area contributed by atoms with E-state index in [0.717, 1.165) is 43.6 Å². The topological polar surface area (TPSA) is 69.7 Å². The fraction of sp³-hybridized carbons (Fsp3) is 0.625. The average Bonchev–Trinajstić information content (AvgIpc) is 2.96. The summed E-state index contributed by atoms with van der Waals surface area (Å²) in [6.07, 6.45) is 6.05. The lowest BCUT2D eigenvalue weighted by Gasteiger charge is -2.23. The zero-order chi connectivity index (χ0) is 21.5. The number of nitrogens with one attached hydrogen (secondary N) is 1. The van der Waals surface area contributed by atoms with Gasteiger partial charge in [0.15, 0.2) is 0 Å². The van der Waals surface area contributed by atoms with Crippen LogP contribution in [0.1, 0.15) is 70.3 Å². The van der Waals surface area contributed by atoms with Crippen LogP contribution in [0.4, 0.5) is 5.69 Å². The van der Waals surface area contributed by atoms with Crippen molar-refractivity contribution in [3.63, 3.8) is 0 Å². The molecule has 6 nitrogen and oxygen atoms in total. The number of anilines is 1. The van der Waals surface area contributed by atoms with Gasteiger partial charge in [-0.05, 0) is 36.8 Å². The van der Waals surface area contributed by atoms with Gasteiger partial charge in [-0.25, -0.2) is 0 Å². The van der Waals surface area contributed by atoms with E-state index in [9.17, 15) is 14.4 Å². The number of amides is 3. The van der Waals surface area contributed by atoms with E-state index >= 15 is 0 Å². The van der Waals surface area contributed by atoms with Crippen LogP contribution < -0.4 is 10.2 Å². The molecule has 2 unspecified atom stereocenters. The highest BCUT2D eigenvalue weighted by atomic mass is 16.2. The SMILES string of the molecule is CCC(C)c1ccccc1N1CC(C(=O)NCCC(=O)N2CCCCCC2)CC1=O. The minimum absolute atomic E-state index is 0.00783. The summed E-state index contributed by atoms with van der Waals surface area (Å²) in [6.45, 7) is 6.69. The van der Waals surface area contributed by atoms with Gasteiger partial charge in [-0.1, -0.05) is 44.9 Å². The third kappa shape index (κ3) is 5.41. The normalized spacial score (nSPS) is 20.7. The molecule has 3 amide bonds. The van der Waals surface area contributed by atoms with E-state index in [1.165, 1.54) is 12.8 Å². The summed E-state index contributed by atoms with van der Waals surface area (Å²) in [6, 6.07) is 7.98. The Morgan fingerprint density at radius 1 is 1.13 bits per heavy atom. The third-order valence-electron chi connectivity index (χ3n) is 6.46. The van der Waals surface area contributed by atoms with E-state index in [1.54, 1.807) is 4.90 Å². The van der Waals surface area contributed by atoms with Gasteiger partial charge in [0.05, 0.1) is 5.92 Å². The predicted octanol–water partition coefficient (Wildman–Crippen LogP) is 3.46. The van der Waals surface area contributed by atoms with E-state index in [0.29, 0.717) is 25.4 Å². The lowest BCUT2D eigenvalue weighted by molar-refractivity contribution is -0.131. The minimum atomic E-state index is -0.365. The van der Waals surface area contributed by atoms with Gasteiger partial charge in [-0.2, -0.15) is 0 Å². The quantitative estimate of drug-likeness (QED) is 0.744. The van der Waals surface area contributed by atoms with Crippen LogP contribution in [-0.2, 0) is 14.4 Å². The molecule has 6 heteroatoms. The Morgan fingerprint density at radius 2 is 1.83 bits per heavy atom. The van der Waals surface area contributed by atoms with E-state index in [-0.39, 0.29) is 30.1 Å². The number of hydrogen-bond acceptors (Lipinski definition) is 3. The molecule has 30 heavy (non-hydrogen) atoms. The monoisotopic (exact) mass is 413 g/mol. The summed E-state index contributed by atoms with van der Waals surface area (Å²) >= 11 is 0. The molecule has 0 aromatic heterocycles. The first kappa shape index (κ1) is 22.3. The predicted molar refractivity (Wildman–Crippen MR) is 118 cm³/mol. The molecule has 0 saturated carbocycles. The Labute approximate surface area is 180 Å². The Balaban J connectivity index is 1.52. The van der Waals surface area contributed by atoms with Crippen molar-refractivity contribution >= 4 is 23.4 Å². The summed E-state index contributed by atoms with van der Waals surface area (Å²) in [5.41, 5.74) is 2.07. The number of likely N-dealkylation sites (tertiary alicyclic amines) is 1. The van der Waals surface area contributed by atoms with Gasteiger partial charge in [0.1, 0.15) is 0 Å². The summed E-state index contributed by atoms with van der Waals surface area (Å²) in [7, 11) is 0. The molecule has 1 N–H and O–H groups in total. The van der Waals surface area contributed by atoms with E-state index < -0.39 is 0 Å². The second kappa shape index (κ2) is 10.6. The van der Waals surface area contributed by atoms with Gasteiger partial charge in [0.2, 0.25) is 17.7 Å². The van der Waals surface area contributed by atoms with Crippen LogP contribution in [0.5, 0.6) is 0 Å². The van der Waals surface area contributed by atoms with Crippen LogP contribution in [0.15, 0.2) is 24.3 Å². The van der Waals surface area contributed by atoms with Crippen molar-refractivity contribution in [2.24, 2.45) is 5.92 Å². The molecule has 0 radical (unpaired) electrons. The van der Waals surface area contributed by atoms with Crippen molar-refractivity contribution in [3.05, 3.63) is 29.8 Å². The van der Waals surface area contributed by atoms with Crippen molar-refractivity contribution in [1.29, 1.82) is 0 Å². The Morgan fingerprint density at radius 3 is 2.53 bits per heavy atom. The maximum Gasteiger partial charge on any atom is 0.227 e. The zero-order valence-corrected chi connectivity index (χ0v) is 18.4. The van der Waals surface area contributed by atoms with E-state index in [2.05, 4.69) is 25.2 Å². The lowest BCUT2D eigenvalue weighted by Crippen LogP contribution is -2.37. The van der Waals surface area contributed by atoms with Crippen LogP contribution >= 0.6 is 0 Å². The molecule has 2 fully saturated rings. The summed E-state index contributed by atoms with van der Waals surface area (Å²) in [5, 5.41) is 2.89. The average molecular weight is 414 g/mol. The van der Waals surface area contributed by atoms with Gasteiger partial charge in [-0.3, -0.25) is 14.4 Å². The molecule has 164 valence electrons. The van der Waals surface area contributed by atoms with Crippen LogP contribution in [0.25, 0.3) is 0 Å². The highest BCUT2D eigenvalue weighted by Crippen LogP contribution is 2.33. The summed E-state index contributed by atoms with van der Waals surface area (Å²) < 4.78 is 0. The molecule has 2 aliphatic rings. The van der Waals surface area contributed by atoms with Gasteiger partial charge in [-0.15, -0.1) is 0 Å². The van der Waals surface area contributed by atoms with Gasteiger partial charge in [0, 0.05) is 44.7 Å². The maximum atomic E-state index is 12.7. The first-order valence-corrected chi connectivity index (χ1v) is 11.5. The van der Waals surface area contributed by atoms with E-state index in [1.807, 2.05) is 23.1 Å². The summed E-state index contributed by atoms with van der Waals surface area (Å²) in [4.78, 5) is 41.4. The number of hydrogen-bond donors (Lipinski definition) is 1. The molecule has 1 aromatic rings. The number of para-hydroxylation sites is 1. The molecule has 0 spiro atoms. The molecule has 1 aromatic carbocycles. The number of carbonyl (C=O) groups is 3. The molecule has 2 heterocycles. The van der Waals surface area contributed by atoms with Gasteiger partial charge >= 0.3 is 0 Å². The van der Waals surface area contributed by atoms with Crippen molar-refractivity contribution in [2.75, 3.05) is 31.1 Å². The molecular formula is C24H35N3O3. The Hall–Kier alpha value is -2.37. The van der Waals surface area contributed by atoms with Crippen molar-refractivity contribution in [1.82, 2.24) is 10.2 Å². The lowest BCUT2D eigenvalue weighted by atomic mass is 9.96. The molecule has 2 aliphatic heterocycles. The number of benzene rings is 1. The number of rotatable bonds is 7. The second-order valence-corrected chi connectivity index (χ2v) is 8.61. The van der Waals surface area contributed by atoms with Crippen molar-refractivity contribution < 1.29 is 14.4 Å². The highest BCUT2D eigenvalue weighted by Gasteiger charge is 2.36. The van der Waals surface area contributed by atoms with Gasteiger partial charge < -0.3 is 15.1 Å². The van der Waals surface area contributed by atoms with Crippen LogP contribution in [0, 0.1) is 5.92 Å². The van der Waals surface area contributed by atoms with Crippen LogP contribution in [-0.4, -0.2) is 48.8 Å². The third-order valence-corrected chi connectivity index (χ3v) is 6.46. The maximum absolute atomic E-state index is 12.7. The van der Waals surface area contributed by atoms with Crippen molar-refractivity contribution in [3.8, 4) is 0 Å². The Kier molecular flexibility index (Phi) is 7.88. The zero-order valence-electron chi connectivity index (χ0n) is 18.4. The fourth-order valence-corrected chi connectivity index (χ4v) is 4.40. The molecule has 0 bridgehead atoms. The van der Waals surface area contributed by atoms with Gasteiger partial charge in [0.25, 0.3) is 0 Å². The first-order valence-electron chi connectivity index (χ1n) is 11.5. The van der Waals surface area contributed by atoms with Crippen molar-refractivity contribution in [2.45, 2.75) is 64.7 Å². The number of nitrogens with zero attached hydrogens (tertiary/aromatic N) is 2.